The van der Waals surface area contributed by atoms with Gasteiger partial charge in [-0.1, -0.05) is 23.7 Å². The Balaban J connectivity index is 1.50. The SMILES string of the molecule is O=C(CCc1ccc(Cl)cc1)Nc1ccc(N2CCCC2)nc1. The number of carbonyl (C=O) groups is 1. The highest BCUT2D eigenvalue weighted by Crippen LogP contribution is 2.19. The van der Waals surface area contributed by atoms with E-state index in [0.717, 1.165) is 30.2 Å². The van der Waals surface area contributed by atoms with Crippen LogP contribution < -0.4 is 10.2 Å². The molecule has 0 spiro atoms. The van der Waals surface area contributed by atoms with Gasteiger partial charge in [0.2, 0.25) is 5.91 Å². The summed E-state index contributed by atoms with van der Waals surface area (Å²) in [6.45, 7) is 2.14. The summed E-state index contributed by atoms with van der Waals surface area (Å²) >= 11 is 5.85. The van der Waals surface area contributed by atoms with E-state index in [1.54, 1.807) is 6.20 Å². The van der Waals surface area contributed by atoms with Gasteiger partial charge in [0.05, 0.1) is 11.9 Å². The molecule has 4 nitrogen and oxygen atoms in total. The van der Waals surface area contributed by atoms with Gasteiger partial charge in [-0.05, 0) is 49.1 Å². The molecule has 1 N–H and O–H groups in total. The molecule has 0 aliphatic carbocycles. The molecule has 3 rings (SSSR count). The highest BCUT2D eigenvalue weighted by molar-refractivity contribution is 6.30. The predicted octanol–water partition coefficient (Wildman–Crippen LogP) is 3.91. The van der Waals surface area contributed by atoms with Crippen LogP contribution in [0.1, 0.15) is 24.8 Å². The van der Waals surface area contributed by atoms with Gasteiger partial charge in [-0.3, -0.25) is 4.79 Å². The molecule has 5 heteroatoms. The minimum Gasteiger partial charge on any atom is -0.357 e. The predicted molar refractivity (Wildman–Crippen MR) is 94.1 cm³/mol. The first-order valence-corrected chi connectivity index (χ1v) is 8.34. The van der Waals surface area contributed by atoms with Crippen LogP contribution in [0.5, 0.6) is 0 Å². The largest absolute Gasteiger partial charge is 0.357 e. The summed E-state index contributed by atoms with van der Waals surface area (Å²) in [6, 6.07) is 11.5. The first-order valence-electron chi connectivity index (χ1n) is 7.96. The third-order valence-electron chi connectivity index (χ3n) is 4.02. The van der Waals surface area contributed by atoms with E-state index in [-0.39, 0.29) is 5.91 Å². The van der Waals surface area contributed by atoms with Crippen LogP contribution in [0.2, 0.25) is 5.02 Å². The number of rotatable bonds is 5. The molecule has 1 aromatic carbocycles. The number of anilines is 2. The van der Waals surface area contributed by atoms with Crippen molar-refractivity contribution in [2.75, 3.05) is 23.3 Å². The Morgan fingerprint density at radius 1 is 1.13 bits per heavy atom. The number of halogens is 1. The number of benzene rings is 1. The van der Waals surface area contributed by atoms with Crippen molar-refractivity contribution in [1.82, 2.24) is 4.98 Å². The van der Waals surface area contributed by atoms with Gasteiger partial charge in [0.1, 0.15) is 5.82 Å². The molecule has 1 saturated heterocycles. The van der Waals surface area contributed by atoms with Gasteiger partial charge in [-0.25, -0.2) is 4.98 Å². The third kappa shape index (κ3) is 4.45. The molecule has 0 saturated carbocycles. The van der Waals surface area contributed by atoms with Gasteiger partial charge in [0, 0.05) is 24.5 Å². The maximum Gasteiger partial charge on any atom is 0.224 e. The van der Waals surface area contributed by atoms with Crippen LogP contribution >= 0.6 is 11.6 Å². The molecule has 0 atom stereocenters. The highest BCUT2D eigenvalue weighted by atomic mass is 35.5. The van der Waals surface area contributed by atoms with Crippen molar-refractivity contribution in [1.29, 1.82) is 0 Å². The number of carbonyl (C=O) groups excluding carboxylic acids is 1. The first kappa shape index (κ1) is 15.8. The number of hydrogen-bond acceptors (Lipinski definition) is 3. The zero-order valence-electron chi connectivity index (χ0n) is 13.0. The number of amides is 1. The van der Waals surface area contributed by atoms with Crippen LogP contribution in [0.25, 0.3) is 0 Å². The standard InChI is InChI=1S/C18H20ClN3O/c19-15-6-3-14(4-7-15)5-10-18(23)21-16-8-9-17(20-13-16)22-11-1-2-12-22/h3-4,6-9,13H,1-2,5,10-12H2,(H,21,23). The molecule has 1 aliphatic heterocycles. The topological polar surface area (TPSA) is 45.2 Å². The smallest absolute Gasteiger partial charge is 0.224 e. The fourth-order valence-electron chi connectivity index (χ4n) is 2.73. The lowest BCUT2D eigenvalue weighted by molar-refractivity contribution is -0.116. The molecule has 2 heterocycles. The summed E-state index contributed by atoms with van der Waals surface area (Å²) in [5, 5.41) is 3.61. The maximum absolute atomic E-state index is 12.0. The van der Waals surface area contributed by atoms with E-state index in [2.05, 4.69) is 15.2 Å². The van der Waals surface area contributed by atoms with Gasteiger partial charge in [-0.2, -0.15) is 0 Å². The minimum atomic E-state index is -0.00401. The summed E-state index contributed by atoms with van der Waals surface area (Å²) in [5.74, 6) is 0.984. The zero-order chi connectivity index (χ0) is 16.1. The highest BCUT2D eigenvalue weighted by Gasteiger charge is 2.13. The fraction of sp³-hybridized carbons (Fsp3) is 0.333. The molecule has 23 heavy (non-hydrogen) atoms. The number of hydrogen-bond donors (Lipinski definition) is 1. The Morgan fingerprint density at radius 2 is 1.87 bits per heavy atom. The van der Waals surface area contributed by atoms with Crippen molar-refractivity contribution in [3.8, 4) is 0 Å². The van der Waals surface area contributed by atoms with E-state index >= 15 is 0 Å². The molecule has 0 radical (unpaired) electrons. The number of aromatic nitrogens is 1. The Hall–Kier alpha value is -2.07. The maximum atomic E-state index is 12.0. The third-order valence-corrected chi connectivity index (χ3v) is 4.27. The van der Waals surface area contributed by atoms with Crippen LogP contribution in [0.3, 0.4) is 0 Å². The van der Waals surface area contributed by atoms with Crippen molar-refractivity contribution < 1.29 is 4.79 Å². The van der Waals surface area contributed by atoms with Crippen LogP contribution in [0, 0.1) is 0 Å². The van der Waals surface area contributed by atoms with Crippen LogP contribution in [-0.4, -0.2) is 24.0 Å². The number of aryl methyl sites for hydroxylation is 1. The Kier molecular flexibility index (Phi) is 5.13. The average Bonchev–Trinajstić information content (AvgIpc) is 3.09. The summed E-state index contributed by atoms with van der Waals surface area (Å²) in [5.41, 5.74) is 1.85. The molecule has 1 aromatic heterocycles. The summed E-state index contributed by atoms with van der Waals surface area (Å²) in [6.07, 6.45) is 5.32. The summed E-state index contributed by atoms with van der Waals surface area (Å²) < 4.78 is 0. The zero-order valence-corrected chi connectivity index (χ0v) is 13.7. The van der Waals surface area contributed by atoms with Gasteiger partial charge < -0.3 is 10.2 Å². The van der Waals surface area contributed by atoms with E-state index in [9.17, 15) is 4.79 Å². The molecule has 2 aromatic rings. The van der Waals surface area contributed by atoms with Crippen LogP contribution in [-0.2, 0) is 11.2 Å². The van der Waals surface area contributed by atoms with Gasteiger partial charge in [0.25, 0.3) is 0 Å². The molecule has 0 bridgehead atoms. The average molecular weight is 330 g/mol. The molecule has 1 fully saturated rings. The van der Waals surface area contributed by atoms with Gasteiger partial charge >= 0.3 is 0 Å². The van der Waals surface area contributed by atoms with Crippen molar-refractivity contribution in [2.45, 2.75) is 25.7 Å². The molecule has 120 valence electrons. The lowest BCUT2D eigenvalue weighted by Crippen LogP contribution is -2.19. The number of pyridine rings is 1. The van der Waals surface area contributed by atoms with E-state index < -0.39 is 0 Å². The van der Waals surface area contributed by atoms with Crippen LogP contribution in [0.4, 0.5) is 11.5 Å². The molecular weight excluding hydrogens is 310 g/mol. The second-order valence-corrected chi connectivity index (χ2v) is 6.21. The normalized spacial score (nSPS) is 14.0. The van der Waals surface area contributed by atoms with Crippen LogP contribution in [0.15, 0.2) is 42.6 Å². The number of nitrogens with one attached hydrogen (secondary N) is 1. The monoisotopic (exact) mass is 329 g/mol. The molecule has 0 unspecified atom stereocenters. The van der Waals surface area contributed by atoms with Crippen molar-refractivity contribution >= 4 is 29.0 Å². The second-order valence-electron chi connectivity index (χ2n) is 5.77. The second kappa shape index (κ2) is 7.47. The first-order chi connectivity index (χ1) is 11.2. The lowest BCUT2D eigenvalue weighted by Gasteiger charge is -2.16. The van der Waals surface area contributed by atoms with E-state index in [1.807, 2.05) is 36.4 Å². The lowest BCUT2D eigenvalue weighted by atomic mass is 10.1. The van der Waals surface area contributed by atoms with Crippen molar-refractivity contribution in [3.05, 3.63) is 53.2 Å². The Labute approximate surface area is 141 Å². The Bertz CT molecular complexity index is 649. The van der Waals surface area contributed by atoms with Gasteiger partial charge in [-0.15, -0.1) is 0 Å². The minimum absolute atomic E-state index is 0.00401. The fourth-order valence-corrected chi connectivity index (χ4v) is 2.85. The van der Waals surface area contributed by atoms with E-state index in [0.29, 0.717) is 17.9 Å². The molecule has 1 aliphatic rings. The molecular formula is C18H20ClN3O. The van der Waals surface area contributed by atoms with Crippen molar-refractivity contribution in [3.63, 3.8) is 0 Å². The van der Waals surface area contributed by atoms with Crippen molar-refractivity contribution in [2.24, 2.45) is 0 Å². The summed E-state index contributed by atoms with van der Waals surface area (Å²) in [7, 11) is 0. The van der Waals surface area contributed by atoms with Gasteiger partial charge in [0.15, 0.2) is 0 Å². The van der Waals surface area contributed by atoms with E-state index in [1.165, 1.54) is 12.8 Å². The molecule has 1 amide bonds. The quantitative estimate of drug-likeness (QED) is 0.904. The summed E-state index contributed by atoms with van der Waals surface area (Å²) in [4.78, 5) is 18.7. The Morgan fingerprint density at radius 3 is 2.52 bits per heavy atom. The van der Waals surface area contributed by atoms with E-state index in [4.69, 9.17) is 11.6 Å². The number of nitrogens with zero attached hydrogens (tertiary/aromatic N) is 2.